The molecule has 0 amide bonds. The predicted molar refractivity (Wildman–Crippen MR) is 53.5 cm³/mol. The third-order valence-electron chi connectivity index (χ3n) is 2.23. The van der Waals surface area contributed by atoms with Gasteiger partial charge in [0, 0.05) is 10.6 Å². The molecular weight excluding hydrogens is 189 g/mol. The molecule has 1 nitrogen and oxygen atoms in total. The molecule has 0 saturated carbocycles. The summed E-state index contributed by atoms with van der Waals surface area (Å²) in [6, 6.07) is 4.45. The third kappa shape index (κ3) is 2.20. The van der Waals surface area contributed by atoms with Gasteiger partial charge in [-0.3, -0.25) is 0 Å². The topological polar surface area (TPSA) is 12.0 Å². The number of halogens is 2. The number of benzene rings is 1. The standard InChI is InChI=1S/C10H13ClFN/c1-10(2,13-3)8-5-4-7(12)6-9(8)11/h4-6,13H,1-3H3. The molecule has 0 atom stereocenters. The molecule has 0 fully saturated rings. The molecule has 0 bridgehead atoms. The van der Waals surface area contributed by atoms with E-state index < -0.39 is 0 Å². The molecule has 0 heterocycles. The Kier molecular flexibility index (Phi) is 2.94. The van der Waals surface area contributed by atoms with E-state index in [-0.39, 0.29) is 11.4 Å². The number of rotatable bonds is 2. The third-order valence-corrected chi connectivity index (χ3v) is 2.54. The van der Waals surface area contributed by atoms with E-state index in [9.17, 15) is 4.39 Å². The molecule has 0 aliphatic carbocycles. The van der Waals surface area contributed by atoms with Crippen molar-refractivity contribution in [2.75, 3.05) is 7.05 Å². The van der Waals surface area contributed by atoms with Crippen LogP contribution in [0.4, 0.5) is 4.39 Å². The fraction of sp³-hybridized carbons (Fsp3) is 0.400. The van der Waals surface area contributed by atoms with Gasteiger partial charge in [0.1, 0.15) is 5.82 Å². The van der Waals surface area contributed by atoms with Gasteiger partial charge in [0.2, 0.25) is 0 Å². The van der Waals surface area contributed by atoms with Crippen molar-refractivity contribution >= 4 is 11.6 Å². The smallest absolute Gasteiger partial charge is 0.124 e. The van der Waals surface area contributed by atoms with Crippen LogP contribution in [0.1, 0.15) is 19.4 Å². The highest BCUT2D eigenvalue weighted by Crippen LogP contribution is 2.27. The molecule has 3 heteroatoms. The van der Waals surface area contributed by atoms with E-state index in [0.29, 0.717) is 5.02 Å². The van der Waals surface area contributed by atoms with Gasteiger partial charge in [-0.15, -0.1) is 0 Å². The van der Waals surface area contributed by atoms with Crippen molar-refractivity contribution in [3.8, 4) is 0 Å². The van der Waals surface area contributed by atoms with E-state index in [4.69, 9.17) is 11.6 Å². The van der Waals surface area contributed by atoms with Gasteiger partial charge >= 0.3 is 0 Å². The van der Waals surface area contributed by atoms with Gasteiger partial charge in [-0.1, -0.05) is 17.7 Å². The minimum absolute atomic E-state index is 0.231. The van der Waals surface area contributed by atoms with Gasteiger partial charge < -0.3 is 5.32 Å². The van der Waals surface area contributed by atoms with E-state index in [1.165, 1.54) is 12.1 Å². The first-order chi connectivity index (χ1) is 5.97. The van der Waals surface area contributed by atoms with Crippen LogP contribution in [-0.2, 0) is 5.54 Å². The van der Waals surface area contributed by atoms with E-state index >= 15 is 0 Å². The summed E-state index contributed by atoms with van der Waals surface area (Å²) in [7, 11) is 1.85. The van der Waals surface area contributed by atoms with E-state index in [1.54, 1.807) is 6.07 Å². The fourth-order valence-electron chi connectivity index (χ4n) is 1.13. The zero-order chi connectivity index (χ0) is 10.1. The van der Waals surface area contributed by atoms with Gasteiger partial charge in [0.15, 0.2) is 0 Å². The molecule has 0 aliphatic heterocycles. The van der Waals surface area contributed by atoms with E-state index in [2.05, 4.69) is 5.32 Å². The Hall–Kier alpha value is -0.600. The van der Waals surface area contributed by atoms with Crippen LogP contribution in [0, 0.1) is 5.82 Å². The fourth-order valence-corrected chi connectivity index (χ4v) is 1.53. The Morgan fingerprint density at radius 3 is 2.46 bits per heavy atom. The first kappa shape index (κ1) is 10.5. The Labute approximate surface area is 82.9 Å². The van der Waals surface area contributed by atoms with Crippen molar-refractivity contribution in [2.24, 2.45) is 0 Å². The number of nitrogens with one attached hydrogen (secondary N) is 1. The summed E-state index contributed by atoms with van der Waals surface area (Å²) < 4.78 is 12.7. The van der Waals surface area contributed by atoms with E-state index in [1.807, 2.05) is 20.9 Å². The Bertz CT molecular complexity index is 310. The average Bonchev–Trinajstić information content (AvgIpc) is 2.03. The van der Waals surface area contributed by atoms with Gasteiger partial charge in [-0.2, -0.15) is 0 Å². The summed E-state index contributed by atoms with van der Waals surface area (Å²) in [6.07, 6.45) is 0. The summed E-state index contributed by atoms with van der Waals surface area (Å²) in [4.78, 5) is 0. The zero-order valence-electron chi connectivity index (χ0n) is 7.99. The molecule has 72 valence electrons. The van der Waals surface area contributed by atoms with Crippen LogP contribution >= 0.6 is 11.6 Å². The lowest BCUT2D eigenvalue weighted by atomic mass is 9.94. The minimum atomic E-state index is -0.305. The first-order valence-corrected chi connectivity index (χ1v) is 4.49. The minimum Gasteiger partial charge on any atom is -0.311 e. The molecule has 13 heavy (non-hydrogen) atoms. The SMILES string of the molecule is CNC(C)(C)c1ccc(F)cc1Cl. The van der Waals surface area contributed by atoms with Crippen LogP contribution in [0.2, 0.25) is 5.02 Å². The van der Waals surface area contributed by atoms with Gasteiger partial charge in [0.05, 0.1) is 0 Å². The lowest BCUT2D eigenvalue weighted by Gasteiger charge is -2.25. The summed E-state index contributed by atoms with van der Waals surface area (Å²) in [5, 5.41) is 3.57. The Morgan fingerprint density at radius 1 is 1.38 bits per heavy atom. The second-order valence-electron chi connectivity index (χ2n) is 3.50. The van der Waals surface area contributed by atoms with Crippen LogP contribution in [0.3, 0.4) is 0 Å². The van der Waals surface area contributed by atoms with Crippen molar-refractivity contribution in [1.29, 1.82) is 0 Å². The molecule has 0 radical (unpaired) electrons. The lowest BCUT2D eigenvalue weighted by Crippen LogP contribution is -2.33. The summed E-state index contributed by atoms with van der Waals surface area (Å²) in [5.41, 5.74) is 0.670. The van der Waals surface area contributed by atoms with Crippen LogP contribution < -0.4 is 5.32 Å². The largest absolute Gasteiger partial charge is 0.311 e. The second-order valence-corrected chi connectivity index (χ2v) is 3.91. The Morgan fingerprint density at radius 2 is 2.00 bits per heavy atom. The maximum Gasteiger partial charge on any atom is 0.124 e. The van der Waals surface area contributed by atoms with Crippen molar-refractivity contribution in [1.82, 2.24) is 5.32 Å². The maximum absolute atomic E-state index is 12.7. The summed E-state index contributed by atoms with van der Waals surface area (Å²) >= 11 is 5.91. The van der Waals surface area contributed by atoms with Gasteiger partial charge in [-0.05, 0) is 38.6 Å². The average molecular weight is 202 g/mol. The second kappa shape index (κ2) is 3.64. The Balaban J connectivity index is 3.16. The summed E-state index contributed by atoms with van der Waals surface area (Å²) in [5.74, 6) is -0.305. The van der Waals surface area contributed by atoms with Crippen LogP contribution in [0.25, 0.3) is 0 Å². The highest BCUT2D eigenvalue weighted by molar-refractivity contribution is 6.31. The molecule has 1 aromatic rings. The first-order valence-electron chi connectivity index (χ1n) is 4.12. The molecule has 1 N–H and O–H groups in total. The molecule has 1 aromatic carbocycles. The van der Waals surface area contributed by atoms with Crippen molar-refractivity contribution in [2.45, 2.75) is 19.4 Å². The van der Waals surface area contributed by atoms with Crippen LogP contribution in [0.15, 0.2) is 18.2 Å². The molecule has 0 aromatic heterocycles. The molecule has 0 aliphatic rings. The zero-order valence-corrected chi connectivity index (χ0v) is 8.74. The molecule has 0 unspecified atom stereocenters. The number of hydrogen-bond acceptors (Lipinski definition) is 1. The maximum atomic E-state index is 12.7. The van der Waals surface area contributed by atoms with Crippen molar-refractivity contribution < 1.29 is 4.39 Å². The molecular formula is C10H13ClFN. The normalized spacial score (nSPS) is 11.8. The van der Waals surface area contributed by atoms with Crippen molar-refractivity contribution in [3.63, 3.8) is 0 Å². The van der Waals surface area contributed by atoms with Gasteiger partial charge in [-0.25, -0.2) is 4.39 Å². The van der Waals surface area contributed by atoms with Crippen LogP contribution in [-0.4, -0.2) is 7.05 Å². The summed E-state index contributed by atoms with van der Waals surface area (Å²) in [6.45, 7) is 3.98. The lowest BCUT2D eigenvalue weighted by molar-refractivity contribution is 0.444. The predicted octanol–water partition coefficient (Wildman–Crippen LogP) is 2.93. The highest BCUT2D eigenvalue weighted by atomic mass is 35.5. The number of hydrogen-bond donors (Lipinski definition) is 1. The van der Waals surface area contributed by atoms with Crippen molar-refractivity contribution in [3.05, 3.63) is 34.6 Å². The van der Waals surface area contributed by atoms with Crippen LogP contribution in [0.5, 0.6) is 0 Å². The quantitative estimate of drug-likeness (QED) is 0.776. The molecule has 0 saturated heterocycles. The van der Waals surface area contributed by atoms with Gasteiger partial charge in [0.25, 0.3) is 0 Å². The molecule has 1 rings (SSSR count). The molecule has 0 spiro atoms. The monoisotopic (exact) mass is 201 g/mol. The highest BCUT2D eigenvalue weighted by Gasteiger charge is 2.20. The van der Waals surface area contributed by atoms with E-state index in [0.717, 1.165) is 5.56 Å².